The van der Waals surface area contributed by atoms with Crippen LogP contribution in [0.2, 0.25) is 0 Å². The van der Waals surface area contributed by atoms with E-state index in [9.17, 15) is 55.4 Å². The van der Waals surface area contributed by atoms with E-state index in [1.165, 1.54) is 0 Å². The molecule has 26 heavy (non-hydrogen) atoms. The fourth-order valence-electron chi connectivity index (χ4n) is 1.54. The normalized spacial score (nSPS) is 12.6. The number of nitrogens with one attached hydrogen (secondary N) is 2. The smallest absolute Gasteiger partial charge is 0.328 e. The van der Waals surface area contributed by atoms with Crippen LogP contribution in [0, 0.1) is 25.6 Å². The van der Waals surface area contributed by atoms with Gasteiger partial charge in [-0.1, -0.05) is 0 Å². The summed E-state index contributed by atoms with van der Waals surface area (Å²) in [7, 11) is 0. The third kappa shape index (κ3) is 3.94. The standard InChI is InChI=1S/C10H4F8N4O4/c11-8(12,10(16,17)18)7(19)20-6-4(21(23)24)1-3(9(13,14)15)2-5(6)22(25)26/h1-2H,(H2,19,20). The molecule has 0 saturated heterocycles. The molecular weight excluding hydrogens is 392 g/mol. The average Bonchev–Trinajstić information content (AvgIpc) is 2.44. The van der Waals surface area contributed by atoms with Gasteiger partial charge in [0.25, 0.3) is 11.4 Å². The Morgan fingerprint density at radius 1 is 0.923 bits per heavy atom. The van der Waals surface area contributed by atoms with E-state index < -0.39 is 56.6 Å². The molecular formula is C10H4F8N4O4. The van der Waals surface area contributed by atoms with Crippen LogP contribution in [0.1, 0.15) is 5.56 Å². The summed E-state index contributed by atoms with van der Waals surface area (Å²) in [6.07, 6.45) is -11.7. The number of benzene rings is 1. The predicted octanol–water partition coefficient (Wildman–Crippen LogP) is 4.11. The molecule has 0 aromatic heterocycles. The number of nitro groups is 2. The highest BCUT2D eigenvalue weighted by Gasteiger charge is 2.61. The van der Waals surface area contributed by atoms with Gasteiger partial charge < -0.3 is 5.32 Å². The zero-order chi connectivity index (χ0) is 20.7. The van der Waals surface area contributed by atoms with Gasteiger partial charge >= 0.3 is 18.3 Å². The van der Waals surface area contributed by atoms with E-state index in [2.05, 4.69) is 0 Å². The van der Waals surface area contributed by atoms with Crippen LogP contribution in [0.25, 0.3) is 0 Å². The Morgan fingerprint density at radius 3 is 1.58 bits per heavy atom. The van der Waals surface area contributed by atoms with Crippen molar-refractivity contribution in [3.8, 4) is 0 Å². The van der Waals surface area contributed by atoms with Gasteiger partial charge in [0, 0.05) is 12.1 Å². The Hall–Kier alpha value is -3.07. The zero-order valence-electron chi connectivity index (χ0n) is 11.7. The van der Waals surface area contributed by atoms with Crippen molar-refractivity contribution < 1.29 is 45.0 Å². The summed E-state index contributed by atoms with van der Waals surface area (Å²) in [6.45, 7) is 0. The van der Waals surface area contributed by atoms with Gasteiger partial charge in [-0.25, -0.2) is 0 Å². The van der Waals surface area contributed by atoms with Gasteiger partial charge in [0.15, 0.2) is 11.5 Å². The minimum Gasteiger partial charge on any atom is -0.328 e. The number of nitro benzene ring substituents is 2. The largest absolute Gasteiger partial charge is 0.461 e. The van der Waals surface area contributed by atoms with Crippen LogP contribution in [0.5, 0.6) is 0 Å². The summed E-state index contributed by atoms with van der Waals surface area (Å²) in [4.78, 5) is 18.2. The molecule has 1 aromatic rings. The van der Waals surface area contributed by atoms with Crippen LogP contribution in [-0.2, 0) is 6.18 Å². The average molecular weight is 396 g/mol. The van der Waals surface area contributed by atoms with E-state index in [1.807, 2.05) is 0 Å². The van der Waals surface area contributed by atoms with Gasteiger partial charge in [0.2, 0.25) is 0 Å². The quantitative estimate of drug-likeness (QED) is 0.261. The van der Waals surface area contributed by atoms with Crippen molar-refractivity contribution in [3.63, 3.8) is 0 Å². The molecule has 144 valence electrons. The van der Waals surface area contributed by atoms with E-state index in [1.54, 1.807) is 0 Å². The number of nitrogens with zero attached hydrogens (tertiary/aromatic N) is 2. The first-order valence-electron chi connectivity index (χ1n) is 5.84. The molecule has 1 rings (SSSR count). The first-order valence-corrected chi connectivity index (χ1v) is 5.84. The molecule has 16 heteroatoms. The highest BCUT2D eigenvalue weighted by molar-refractivity contribution is 6.02. The molecule has 0 atom stereocenters. The molecule has 0 amide bonds. The maximum atomic E-state index is 13.0. The molecule has 1 aromatic carbocycles. The number of amidine groups is 1. The van der Waals surface area contributed by atoms with E-state index in [4.69, 9.17) is 5.41 Å². The number of anilines is 1. The molecule has 0 saturated carbocycles. The third-order valence-electron chi connectivity index (χ3n) is 2.74. The van der Waals surface area contributed by atoms with Crippen LogP contribution in [0.15, 0.2) is 12.1 Å². The summed E-state index contributed by atoms with van der Waals surface area (Å²) >= 11 is 0. The monoisotopic (exact) mass is 396 g/mol. The van der Waals surface area contributed by atoms with Gasteiger partial charge in [-0.3, -0.25) is 25.6 Å². The Labute approximate surface area is 136 Å². The molecule has 0 aliphatic carbocycles. The summed E-state index contributed by atoms with van der Waals surface area (Å²) in [5.41, 5.74) is -7.30. The lowest BCUT2D eigenvalue weighted by molar-refractivity contribution is -0.392. The van der Waals surface area contributed by atoms with E-state index in [-0.39, 0.29) is 12.1 Å². The van der Waals surface area contributed by atoms with Crippen molar-refractivity contribution in [3.05, 3.63) is 37.9 Å². The maximum Gasteiger partial charge on any atom is 0.461 e. The van der Waals surface area contributed by atoms with Crippen LogP contribution in [0.3, 0.4) is 0 Å². The Morgan fingerprint density at radius 2 is 1.31 bits per heavy atom. The summed E-state index contributed by atoms with van der Waals surface area (Å²) in [5, 5.41) is 29.1. The molecule has 0 unspecified atom stereocenters. The summed E-state index contributed by atoms with van der Waals surface area (Å²) in [6, 6.07) is -0.622. The van der Waals surface area contributed by atoms with Gasteiger partial charge in [0.05, 0.1) is 15.4 Å². The van der Waals surface area contributed by atoms with Gasteiger partial charge in [0.1, 0.15) is 0 Å². The minimum absolute atomic E-state index is 0.311. The summed E-state index contributed by atoms with van der Waals surface area (Å²) in [5.74, 6) is -8.66. The molecule has 2 N–H and O–H groups in total. The Balaban J connectivity index is 3.63. The molecule has 0 aliphatic rings. The number of hydrogen-bond donors (Lipinski definition) is 2. The number of alkyl halides is 8. The van der Waals surface area contributed by atoms with E-state index in [0.717, 1.165) is 5.32 Å². The Bertz CT molecular complexity index is 738. The second kappa shape index (κ2) is 6.34. The lowest BCUT2D eigenvalue weighted by Crippen LogP contribution is -2.47. The van der Waals surface area contributed by atoms with Gasteiger partial charge in [-0.2, -0.15) is 35.1 Å². The van der Waals surface area contributed by atoms with Crippen molar-refractivity contribution in [2.24, 2.45) is 0 Å². The predicted molar refractivity (Wildman–Crippen MR) is 67.1 cm³/mol. The fraction of sp³-hybridized carbons (Fsp3) is 0.300. The molecule has 0 spiro atoms. The molecule has 0 aliphatic heterocycles. The second-order valence-corrected chi connectivity index (χ2v) is 4.47. The SMILES string of the molecule is N=C(Nc1c([N+](=O)[O-])cc(C(F)(F)F)cc1[N+](=O)[O-])C(F)(F)C(F)(F)F. The minimum atomic E-state index is -6.34. The molecule has 0 fully saturated rings. The van der Waals surface area contributed by atoms with Crippen LogP contribution in [0.4, 0.5) is 52.2 Å². The second-order valence-electron chi connectivity index (χ2n) is 4.47. The van der Waals surface area contributed by atoms with E-state index >= 15 is 0 Å². The van der Waals surface area contributed by atoms with Crippen molar-refractivity contribution in [1.82, 2.24) is 0 Å². The molecule has 8 nitrogen and oxygen atoms in total. The van der Waals surface area contributed by atoms with Crippen molar-refractivity contribution >= 4 is 22.9 Å². The first kappa shape index (κ1) is 21.0. The van der Waals surface area contributed by atoms with Crippen LogP contribution in [-0.4, -0.2) is 27.8 Å². The van der Waals surface area contributed by atoms with Gasteiger partial charge in [-0.05, 0) is 0 Å². The van der Waals surface area contributed by atoms with E-state index in [0.29, 0.717) is 0 Å². The summed E-state index contributed by atoms with van der Waals surface area (Å²) < 4.78 is 100. The maximum absolute atomic E-state index is 13.0. The Kier molecular flexibility index (Phi) is 5.11. The highest BCUT2D eigenvalue weighted by Crippen LogP contribution is 2.43. The topological polar surface area (TPSA) is 122 Å². The van der Waals surface area contributed by atoms with Crippen LogP contribution >= 0.6 is 0 Å². The highest BCUT2D eigenvalue weighted by atomic mass is 19.4. The van der Waals surface area contributed by atoms with Crippen LogP contribution < -0.4 is 5.32 Å². The fourth-order valence-corrected chi connectivity index (χ4v) is 1.54. The lowest BCUT2D eigenvalue weighted by atomic mass is 10.1. The number of halogens is 8. The van der Waals surface area contributed by atoms with Crippen molar-refractivity contribution in [2.45, 2.75) is 18.3 Å². The van der Waals surface area contributed by atoms with Crippen molar-refractivity contribution in [1.29, 1.82) is 5.41 Å². The van der Waals surface area contributed by atoms with Gasteiger partial charge in [-0.15, -0.1) is 0 Å². The first-order chi connectivity index (χ1) is 11.5. The molecule has 0 bridgehead atoms. The molecule has 0 heterocycles. The number of rotatable bonds is 4. The lowest BCUT2D eigenvalue weighted by Gasteiger charge is -2.21. The zero-order valence-corrected chi connectivity index (χ0v) is 11.7. The van der Waals surface area contributed by atoms with Crippen molar-refractivity contribution in [2.75, 3.05) is 5.32 Å². The third-order valence-corrected chi connectivity index (χ3v) is 2.74. The number of hydrogen-bond acceptors (Lipinski definition) is 5. The molecule has 0 radical (unpaired) electrons.